The number of anilines is 1. The lowest BCUT2D eigenvalue weighted by Gasteiger charge is -2.09. The highest BCUT2D eigenvalue weighted by Crippen LogP contribution is 2.24. The molecule has 2 rings (SSSR count). The second kappa shape index (κ2) is 4.96. The molecule has 0 aliphatic carbocycles. The van der Waals surface area contributed by atoms with Gasteiger partial charge in [-0.25, -0.2) is 0 Å². The van der Waals surface area contributed by atoms with Crippen LogP contribution in [0, 0.1) is 6.92 Å². The molecule has 4 nitrogen and oxygen atoms in total. The van der Waals surface area contributed by atoms with Gasteiger partial charge in [0.05, 0.1) is 17.6 Å². The van der Waals surface area contributed by atoms with Gasteiger partial charge in [0.2, 0.25) is 5.91 Å². The maximum absolute atomic E-state index is 11.6. The van der Waals surface area contributed by atoms with Gasteiger partial charge in [-0.15, -0.1) is 0 Å². The minimum absolute atomic E-state index is 0.102. The van der Waals surface area contributed by atoms with E-state index in [-0.39, 0.29) is 18.1 Å². The number of carbonyl (C=O) groups is 2. The first-order valence-corrected chi connectivity index (χ1v) is 5.71. The fraction of sp³-hybridized carbons (Fsp3) is 0.214. The summed E-state index contributed by atoms with van der Waals surface area (Å²) in [6, 6.07) is 7.46. The Labute approximate surface area is 105 Å². The molecule has 4 heteroatoms. The van der Waals surface area contributed by atoms with Crippen LogP contribution in [0.2, 0.25) is 0 Å². The van der Waals surface area contributed by atoms with Gasteiger partial charge in [-0.05, 0) is 37.6 Å². The topological polar surface area (TPSA) is 59.1 Å². The number of aryl methyl sites for hydroxylation is 1. The van der Waals surface area contributed by atoms with Gasteiger partial charge in [-0.3, -0.25) is 14.6 Å². The number of Topliss-reactive ketones (excluding diaryl/α,β-unsaturated/α-hetero) is 1. The third kappa shape index (κ3) is 2.53. The molecule has 0 fully saturated rings. The van der Waals surface area contributed by atoms with Crippen LogP contribution in [-0.2, 0) is 9.59 Å². The summed E-state index contributed by atoms with van der Waals surface area (Å²) < 4.78 is 0. The van der Waals surface area contributed by atoms with Crippen LogP contribution in [0.5, 0.6) is 0 Å². The normalized spacial score (nSPS) is 10.3. The fourth-order valence-electron chi connectivity index (χ4n) is 1.84. The zero-order chi connectivity index (χ0) is 13.1. The van der Waals surface area contributed by atoms with Crippen molar-refractivity contribution >= 4 is 28.3 Å². The molecule has 0 radical (unpaired) electrons. The third-order valence-corrected chi connectivity index (χ3v) is 2.65. The summed E-state index contributed by atoms with van der Waals surface area (Å²) >= 11 is 0. The van der Waals surface area contributed by atoms with Crippen molar-refractivity contribution in [2.75, 3.05) is 5.32 Å². The van der Waals surface area contributed by atoms with Crippen LogP contribution in [0.4, 0.5) is 5.69 Å². The van der Waals surface area contributed by atoms with Crippen molar-refractivity contribution < 1.29 is 9.59 Å². The summed E-state index contributed by atoms with van der Waals surface area (Å²) in [4.78, 5) is 26.8. The maximum Gasteiger partial charge on any atom is 0.231 e. The number of fused-ring (bicyclic) bond motifs is 1. The Morgan fingerprint density at radius 2 is 2.06 bits per heavy atom. The molecule has 0 aliphatic rings. The molecule has 1 aromatic carbocycles. The zero-order valence-corrected chi connectivity index (χ0v) is 10.4. The fourth-order valence-corrected chi connectivity index (χ4v) is 1.84. The van der Waals surface area contributed by atoms with E-state index in [0.717, 1.165) is 16.5 Å². The van der Waals surface area contributed by atoms with Gasteiger partial charge in [0.25, 0.3) is 0 Å². The number of hydrogen-bond donors (Lipinski definition) is 1. The van der Waals surface area contributed by atoms with Gasteiger partial charge < -0.3 is 5.32 Å². The van der Waals surface area contributed by atoms with Crippen molar-refractivity contribution in [3.05, 3.63) is 36.0 Å². The van der Waals surface area contributed by atoms with Gasteiger partial charge in [0.1, 0.15) is 5.78 Å². The van der Waals surface area contributed by atoms with Crippen molar-refractivity contribution in [1.29, 1.82) is 0 Å². The molecule has 0 unspecified atom stereocenters. The summed E-state index contributed by atoms with van der Waals surface area (Å²) in [5.74, 6) is -0.446. The van der Waals surface area contributed by atoms with Gasteiger partial charge in [-0.2, -0.15) is 0 Å². The lowest BCUT2D eigenvalue weighted by Crippen LogP contribution is -2.15. The number of benzene rings is 1. The Bertz CT molecular complexity index is 620. The van der Waals surface area contributed by atoms with Crippen molar-refractivity contribution in [3.63, 3.8) is 0 Å². The predicted octanol–water partition coefficient (Wildman–Crippen LogP) is 2.46. The Kier molecular flexibility index (Phi) is 3.37. The average Bonchev–Trinajstić information content (AvgIpc) is 2.32. The van der Waals surface area contributed by atoms with E-state index in [1.165, 1.54) is 6.92 Å². The number of hydrogen-bond acceptors (Lipinski definition) is 3. The summed E-state index contributed by atoms with van der Waals surface area (Å²) in [6.07, 6.45) is 1.62. The molecule has 2 aromatic rings. The van der Waals surface area contributed by atoms with Crippen LogP contribution in [-0.4, -0.2) is 16.7 Å². The highest BCUT2D eigenvalue weighted by Gasteiger charge is 2.09. The molecule has 0 atom stereocenters. The molecule has 0 saturated carbocycles. The number of amides is 1. The molecule has 0 saturated heterocycles. The lowest BCUT2D eigenvalue weighted by molar-refractivity contribution is -0.124. The van der Waals surface area contributed by atoms with Gasteiger partial charge in [0.15, 0.2) is 0 Å². The van der Waals surface area contributed by atoms with E-state index >= 15 is 0 Å². The molecule has 92 valence electrons. The number of rotatable bonds is 3. The number of aromatic nitrogens is 1. The lowest BCUT2D eigenvalue weighted by atomic mass is 10.1. The van der Waals surface area contributed by atoms with E-state index in [1.807, 2.05) is 31.2 Å². The second-order valence-corrected chi connectivity index (χ2v) is 4.26. The van der Waals surface area contributed by atoms with E-state index < -0.39 is 0 Å². The minimum atomic E-state index is -0.295. The minimum Gasteiger partial charge on any atom is -0.325 e. The summed E-state index contributed by atoms with van der Waals surface area (Å²) in [7, 11) is 0. The largest absolute Gasteiger partial charge is 0.325 e. The average molecular weight is 242 g/mol. The van der Waals surface area contributed by atoms with Gasteiger partial charge in [-0.1, -0.05) is 6.07 Å². The molecule has 18 heavy (non-hydrogen) atoms. The zero-order valence-electron chi connectivity index (χ0n) is 10.4. The SMILES string of the molecule is CC(=O)CC(=O)Nc1ccc(C)c2ncccc12. The molecule has 0 aliphatic heterocycles. The summed E-state index contributed by atoms with van der Waals surface area (Å²) in [6.45, 7) is 3.37. The van der Waals surface area contributed by atoms with E-state index in [1.54, 1.807) is 6.20 Å². The number of carbonyl (C=O) groups excluding carboxylic acids is 2. The number of nitrogens with one attached hydrogen (secondary N) is 1. The number of nitrogens with zero attached hydrogens (tertiary/aromatic N) is 1. The highest BCUT2D eigenvalue weighted by atomic mass is 16.2. The summed E-state index contributed by atoms with van der Waals surface area (Å²) in [5.41, 5.74) is 2.60. The third-order valence-electron chi connectivity index (χ3n) is 2.65. The Balaban J connectivity index is 2.37. The number of pyridine rings is 1. The molecule has 0 spiro atoms. The van der Waals surface area contributed by atoms with Crippen LogP contribution in [0.1, 0.15) is 18.9 Å². The van der Waals surface area contributed by atoms with E-state index in [9.17, 15) is 9.59 Å². The predicted molar refractivity (Wildman–Crippen MR) is 70.4 cm³/mol. The standard InChI is InChI=1S/C14H14N2O2/c1-9-5-6-12(16-13(18)8-10(2)17)11-4-3-7-15-14(9)11/h3-7H,8H2,1-2H3,(H,16,18). The van der Waals surface area contributed by atoms with E-state index in [2.05, 4.69) is 10.3 Å². The van der Waals surface area contributed by atoms with Crippen molar-refractivity contribution in [2.24, 2.45) is 0 Å². The van der Waals surface area contributed by atoms with Crippen LogP contribution >= 0.6 is 0 Å². The van der Waals surface area contributed by atoms with Gasteiger partial charge >= 0.3 is 0 Å². The molecule has 1 amide bonds. The van der Waals surface area contributed by atoms with Crippen molar-refractivity contribution in [1.82, 2.24) is 4.98 Å². The van der Waals surface area contributed by atoms with Crippen LogP contribution in [0.25, 0.3) is 10.9 Å². The Morgan fingerprint density at radius 1 is 1.28 bits per heavy atom. The van der Waals surface area contributed by atoms with Crippen LogP contribution in [0.3, 0.4) is 0 Å². The Hall–Kier alpha value is -2.23. The van der Waals surface area contributed by atoms with Crippen molar-refractivity contribution in [3.8, 4) is 0 Å². The monoisotopic (exact) mass is 242 g/mol. The van der Waals surface area contributed by atoms with Crippen molar-refractivity contribution in [2.45, 2.75) is 20.3 Å². The summed E-state index contributed by atoms with van der Waals surface area (Å²) in [5, 5.41) is 3.63. The first-order valence-electron chi connectivity index (χ1n) is 5.71. The highest BCUT2D eigenvalue weighted by molar-refractivity contribution is 6.07. The maximum atomic E-state index is 11.6. The van der Waals surface area contributed by atoms with E-state index in [4.69, 9.17) is 0 Å². The van der Waals surface area contributed by atoms with E-state index in [0.29, 0.717) is 5.69 Å². The van der Waals surface area contributed by atoms with Gasteiger partial charge in [0, 0.05) is 11.6 Å². The molecular formula is C14H14N2O2. The van der Waals surface area contributed by atoms with Crippen LogP contribution in [0.15, 0.2) is 30.5 Å². The second-order valence-electron chi connectivity index (χ2n) is 4.26. The molecule has 1 heterocycles. The Morgan fingerprint density at radius 3 is 2.78 bits per heavy atom. The van der Waals surface area contributed by atoms with Crippen LogP contribution < -0.4 is 5.32 Å². The molecular weight excluding hydrogens is 228 g/mol. The molecule has 0 bridgehead atoms. The number of ketones is 1. The molecule has 1 N–H and O–H groups in total. The smallest absolute Gasteiger partial charge is 0.231 e. The first kappa shape index (κ1) is 12.2. The quantitative estimate of drug-likeness (QED) is 0.841. The first-order chi connectivity index (χ1) is 8.58. The molecule has 1 aromatic heterocycles.